The molecule has 90 valence electrons. The molecule has 3 N–H and O–H groups in total. The van der Waals surface area contributed by atoms with Crippen LogP contribution in [-0.2, 0) is 0 Å². The molecule has 0 aromatic rings. The number of aliphatic hydroxyl groups excluding tert-OH is 1. The molecule has 1 heterocycles. The van der Waals surface area contributed by atoms with E-state index in [0.717, 1.165) is 6.54 Å². The molecule has 0 spiro atoms. The van der Waals surface area contributed by atoms with Gasteiger partial charge in [-0.05, 0) is 39.5 Å². The molecule has 1 aliphatic rings. The highest BCUT2D eigenvalue weighted by Crippen LogP contribution is 2.15. The van der Waals surface area contributed by atoms with Gasteiger partial charge in [-0.2, -0.15) is 0 Å². The van der Waals surface area contributed by atoms with Crippen molar-refractivity contribution in [1.82, 2.24) is 9.80 Å². The van der Waals surface area contributed by atoms with Gasteiger partial charge in [0.25, 0.3) is 0 Å². The van der Waals surface area contributed by atoms with Crippen LogP contribution in [0, 0.1) is 0 Å². The molecule has 0 aliphatic carbocycles. The van der Waals surface area contributed by atoms with Gasteiger partial charge in [0.2, 0.25) is 0 Å². The third-order valence-corrected chi connectivity index (χ3v) is 3.40. The van der Waals surface area contributed by atoms with E-state index >= 15 is 0 Å². The number of nitrogens with zero attached hydrogens (tertiary/aromatic N) is 2. The first-order valence-electron chi connectivity index (χ1n) is 5.98. The Morgan fingerprint density at radius 3 is 2.53 bits per heavy atom. The number of aliphatic hydroxyl groups is 1. The van der Waals surface area contributed by atoms with Crippen LogP contribution >= 0.6 is 0 Å². The SMILES string of the molecule is CCN1CCC(N(C)CC(O)CN)CC1. The van der Waals surface area contributed by atoms with E-state index in [4.69, 9.17) is 5.73 Å². The zero-order chi connectivity index (χ0) is 11.3. The van der Waals surface area contributed by atoms with Crippen LogP contribution < -0.4 is 5.73 Å². The lowest BCUT2D eigenvalue weighted by atomic mass is 10.0. The van der Waals surface area contributed by atoms with Gasteiger partial charge in [-0.15, -0.1) is 0 Å². The van der Waals surface area contributed by atoms with Crippen molar-refractivity contribution in [3.63, 3.8) is 0 Å². The Labute approximate surface area is 93.0 Å². The van der Waals surface area contributed by atoms with Crippen LogP contribution in [0.5, 0.6) is 0 Å². The molecule has 1 aliphatic heterocycles. The van der Waals surface area contributed by atoms with Gasteiger partial charge < -0.3 is 20.6 Å². The Morgan fingerprint density at radius 2 is 2.07 bits per heavy atom. The summed E-state index contributed by atoms with van der Waals surface area (Å²) in [6.07, 6.45) is 2.04. The summed E-state index contributed by atoms with van der Waals surface area (Å²) in [4.78, 5) is 4.73. The minimum atomic E-state index is -0.376. The number of piperidine rings is 1. The van der Waals surface area contributed by atoms with Crippen LogP contribution in [0.2, 0.25) is 0 Å². The van der Waals surface area contributed by atoms with Crippen LogP contribution in [-0.4, -0.2) is 66.8 Å². The number of nitrogens with two attached hydrogens (primary N) is 1. The third kappa shape index (κ3) is 4.07. The van der Waals surface area contributed by atoms with Gasteiger partial charge in [0.1, 0.15) is 0 Å². The van der Waals surface area contributed by atoms with E-state index < -0.39 is 0 Å². The van der Waals surface area contributed by atoms with Crippen LogP contribution in [0.15, 0.2) is 0 Å². The Balaban J connectivity index is 2.26. The van der Waals surface area contributed by atoms with Crippen molar-refractivity contribution in [3.05, 3.63) is 0 Å². The Kier molecular flexibility index (Phi) is 5.53. The quantitative estimate of drug-likeness (QED) is 0.662. The van der Waals surface area contributed by atoms with E-state index in [1.165, 1.54) is 25.9 Å². The molecule has 0 amide bonds. The molecule has 1 saturated heterocycles. The second kappa shape index (κ2) is 6.43. The number of likely N-dealkylation sites (tertiary alicyclic amines) is 1. The molecule has 0 aromatic heterocycles. The zero-order valence-electron chi connectivity index (χ0n) is 10.0. The third-order valence-electron chi connectivity index (χ3n) is 3.40. The van der Waals surface area contributed by atoms with Gasteiger partial charge in [0.15, 0.2) is 0 Å². The Bertz CT molecular complexity index is 169. The number of hydrogen-bond donors (Lipinski definition) is 2. The van der Waals surface area contributed by atoms with E-state index in [9.17, 15) is 5.11 Å². The summed E-state index contributed by atoms with van der Waals surface area (Å²) in [5.74, 6) is 0. The van der Waals surface area contributed by atoms with Crippen molar-refractivity contribution in [1.29, 1.82) is 0 Å². The average molecular weight is 215 g/mol. The molecular formula is C11H25N3O. The van der Waals surface area contributed by atoms with Gasteiger partial charge in [0, 0.05) is 19.1 Å². The highest BCUT2D eigenvalue weighted by Gasteiger charge is 2.22. The smallest absolute Gasteiger partial charge is 0.0789 e. The molecule has 4 heteroatoms. The molecule has 1 unspecified atom stereocenters. The van der Waals surface area contributed by atoms with E-state index in [-0.39, 0.29) is 6.10 Å². The van der Waals surface area contributed by atoms with Crippen molar-refractivity contribution in [2.24, 2.45) is 5.73 Å². The predicted molar refractivity (Wildman–Crippen MR) is 62.8 cm³/mol. The molecule has 0 aromatic carbocycles. The summed E-state index contributed by atoms with van der Waals surface area (Å²) in [6.45, 7) is 6.80. The molecule has 1 rings (SSSR count). The summed E-state index contributed by atoms with van der Waals surface area (Å²) in [5, 5.41) is 9.48. The largest absolute Gasteiger partial charge is 0.390 e. The molecule has 0 radical (unpaired) electrons. The van der Waals surface area contributed by atoms with Crippen molar-refractivity contribution >= 4 is 0 Å². The van der Waals surface area contributed by atoms with Crippen molar-refractivity contribution in [3.8, 4) is 0 Å². The maximum atomic E-state index is 9.48. The summed E-state index contributed by atoms with van der Waals surface area (Å²) < 4.78 is 0. The van der Waals surface area contributed by atoms with E-state index in [2.05, 4.69) is 23.8 Å². The lowest BCUT2D eigenvalue weighted by Gasteiger charge is -2.36. The lowest BCUT2D eigenvalue weighted by molar-refractivity contribution is 0.0787. The molecule has 0 saturated carbocycles. The number of rotatable bonds is 5. The fraction of sp³-hybridized carbons (Fsp3) is 1.00. The van der Waals surface area contributed by atoms with Crippen LogP contribution in [0.25, 0.3) is 0 Å². The van der Waals surface area contributed by atoms with E-state index in [0.29, 0.717) is 19.1 Å². The monoisotopic (exact) mass is 215 g/mol. The summed E-state index contributed by atoms with van der Waals surface area (Å²) in [6, 6.07) is 0.619. The predicted octanol–water partition coefficient (Wildman–Crippen LogP) is -0.278. The van der Waals surface area contributed by atoms with Gasteiger partial charge in [-0.25, -0.2) is 0 Å². The fourth-order valence-electron chi connectivity index (χ4n) is 2.23. The first kappa shape index (κ1) is 12.9. The summed E-state index contributed by atoms with van der Waals surface area (Å²) in [7, 11) is 2.09. The first-order chi connectivity index (χ1) is 7.17. The molecule has 4 nitrogen and oxygen atoms in total. The molecule has 1 fully saturated rings. The van der Waals surface area contributed by atoms with Gasteiger partial charge in [-0.3, -0.25) is 0 Å². The lowest BCUT2D eigenvalue weighted by Crippen LogP contribution is -2.46. The Hall–Kier alpha value is -0.160. The van der Waals surface area contributed by atoms with E-state index in [1.807, 2.05) is 0 Å². The second-order valence-corrected chi connectivity index (χ2v) is 4.49. The molecule has 0 bridgehead atoms. The normalized spacial score (nSPS) is 22.2. The molecule has 1 atom stereocenters. The van der Waals surface area contributed by atoms with Crippen LogP contribution in [0.3, 0.4) is 0 Å². The van der Waals surface area contributed by atoms with Crippen molar-refractivity contribution in [2.75, 3.05) is 39.8 Å². The van der Waals surface area contributed by atoms with Crippen LogP contribution in [0.4, 0.5) is 0 Å². The van der Waals surface area contributed by atoms with Gasteiger partial charge in [0.05, 0.1) is 6.10 Å². The minimum Gasteiger partial charge on any atom is -0.390 e. The number of likely N-dealkylation sites (N-methyl/N-ethyl adjacent to an activating group) is 1. The highest BCUT2D eigenvalue weighted by atomic mass is 16.3. The summed E-state index contributed by atoms with van der Waals surface area (Å²) in [5.41, 5.74) is 5.41. The molecule has 15 heavy (non-hydrogen) atoms. The fourth-order valence-corrected chi connectivity index (χ4v) is 2.23. The van der Waals surface area contributed by atoms with Crippen molar-refractivity contribution in [2.45, 2.75) is 31.9 Å². The zero-order valence-corrected chi connectivity index (χ0v) is 10.0. The maximum absolute atomic E-state index is 9.48. The maximum Gasteiger partial charge on any atom is 0.0789 e. The average Bonchev–Trinajstić information content (AvgIpc) is 2.29. The number of hydrogen-bond acceptors (Lipinski definition) is 4. The standard InChI is InChI=1S/C11H25N3O/c1-3-14-6-4-10(5-7-14)13(2)9-11(15)8-12/h10-11,15H,3-9,12H2,1-2H3. The van der Waals surface area contributed by atoms with Gasteiger partial charge >= 0.3 is 0 Å². The first-order valence-corrected chi connectivity index (χ1v) is 5.98. The molecular weight excluding hydrogens is 190 g/mol. The highest BCUT2D eigenvalue weighted by molar-refractivity contribution is 4.79. The second-order valence-electron chi connectivity index (χ2n) is 4.49. The minimum absolute atomic E-state index is 0.359. The topological polar surface area (TPSA) is 52.7 Å². The van der Waals surface area contributed by atoms with Crippen molar-refractivity contribution < 1.29 is 5.11 Å². The summed E-state index contributed by atoms with van der Waals surface area (Å²) >= 11 is 0. The van der Waals surface area contributed by atoms with Gasteiger partial charge in [-0.1, -0.05) is 6.92 Å². The van der Waals surface area contributed by atoms with E-state index in [1.54, 1.807) is 0 Å². The van der Waals surface area contributed by atoms with Crippen LogP contribution in [0.1, 0.15) is 19.8 Å². The Morgan fingerprint density at radius 1 is 1.47 bits per heavy atom.